The highest BCUT2D eigenvalue weighted by Crippen LogP contribution is 2.14. The van der Waals surface area contributed by atoms with Crippen molar-refractivity contribution >= 4 is 21.7 Å². The SMILES string of the molecule is CCOc1ccc(C(=O)CCCBr)cc1. The third kappa shape index (κ3) is 4.04. The molecule has 0 fully saturated rings. The van der Waals surface area contributed by atoms with Gasteiger partial charge in [-0.25, -0.2) is 0 Å². The number of Topliss-reactive ketones (excluding diaryl/α,β-unsaturated/α-hetero) is 1. The number of carbonyl (C=O) groups is 1. The van der Waals surface area contributed by atoms with E-state index in [0.717, 1.165) is 23.1 Å². The molecule has 2 nitrogen and oxygen atoms in total. The van der Waals surface area contributed by atoms with Gasteiger partial charge in [-0.05, 0) is 37.6 Å². The molecule has 1 aromatic carbocycles. The zero-order valence-electron chi connectivity index (χ0n) is 8.83. The number of benzene rings is 1. The van der Waals surface area contributed by atoms with Crippen molar-refractivity contribution in [2.45, 2.75) is 19.8 Å². The van der Waals surface area contributed by atoms with Crippen LogP contribution >= 0.6 is 15.9 Å². The maximum atomic E-state index is 11.6. The van der Waals surface area contributed by atoms with Gasteiger partial charge in [0, 0.05) is 17.3 Å². The van der Waals surface area contributed by atoms with Gasteiger partial charge in [0.1, 0.15) is 5.75 Å². The molecule has 82 valence electrons. The first-order valence-electron chi connectivity index (χ1n) is 5.10. The van der Waals surface area contributed by atoms with Gasteiger partial charge in [-0.15, -0.1) is 0 Å². The lowest BCUT2D eigenvalue weighted by atomic mass is 10.1. The van der Waals surface area contributed by atoms with E-state index in [4.69, 9.17) is 4.74 Å². The van der Waals surface area contributed by atoms with E-state index in [1.54, 1.807) is 0 Å². The molecule has 0 aliphatic carbocycles. The van der Waals surface area contributed by atoms with Crippen molar-refractivity contribution in [1.82, 2.24) is 0 Å². The van der Waals surface area contributed by atoms with Crippen molar-refractivity contribution in [3.63, 3.8) is 0 Å². The first kappa shape index (κ1) is 12.2. The van der Waals surface area contributed by atoms with E-state index in [1.807, 2.05) is 31.2 Å². The number of alkyl halides is 1. The van der Waals surface area contributed by atoms with Gasteiger partial charge in [0.2, 0.25) is 0 Å². The molecule has 0 N–H and O–H groups in total. The van der Waals surface area contributed by atoms with Crippen molar-refractivity contribution in [2.75, 3.05) is 11.9 Å². The van der Waals surface area contributed by atoms with Crippen LogP contribution in [0, 0.1) is 0 Å². The summed E-state index contributed by atoms with van der Waals surface area (Å²) in [6.07, 6.45) is 1.48. The van der Waals surface area contributed by atoms with E-state index < -0.39 is 0 Å². The Hall–Kier alpha value is -0.830. The Kier molecular flexibility index (Phi) is 5.40. The minimum atomic E-state index is 0.192. The normalized spacial score (nSPS) is 10.0. The average Bonchev–Trinajstić information content (AvgIpc) is 2.27. The summed E-state index contributed by atoms with van der Waals surface area (Å²) in [5.41, 5.74) is 0.763. The molecular weight excluding hydrogens is 256 g/mol. The predicted octanol–water partition coefficient (Wildman–Crippen LogP) is 3.44. The molecule has 3 heteroatoms. The zero-order chi connectivity index (χ0) is 11.1. The summed E-state index contributed by atoms with van der Waals surface area (Å²) in [6, 6.07) is 7.32. The largest absolute Gasteiger partial charge is 0.494 e. The zero-order valence-corrected chi connectivity index (χ0v) is 10.4. The molecule has 0 bridgehead atoms. The third-order valence-corrected chi connectivity index (χ3v) is 2.59. The van der Waals surface area contributed by atoms with Gasteiger partial charge in [-0.3, -0.25) is 4.79 Å². The fourth-order valence-corrected chi connectivity index (χ4v) is 1.56. The molecule has 0 saturated heterocycles. The Balaban J connectivity index is 2.58. The van der Waals surface area contributed by atoms with Gasteiger partial charge >= 0.3 is 0 Å². The van der Waals surface area contributed by atoms with Crippen molar-refractivity contribution in [3.8, 4) is 5.75 Å². The van der Waals surface area contributed by atoms with Gasteiger partial charge < -0.3 is 4.74 Å². The monoisotopic (exact) mass is 270 g/mol. The lowest BCUT2D eigenvalue weighted by molar-refractivity contribution is 0.0982. The van der Waals surface area contributed by atoms with E-state index in [-0.39, 0.29) is 5.78 Å². The topological polar surface area (TPSA) is 26.3 Å². The molecule has 0 atom stereocenters. The van der Waals surface area contributed by atoms with Crippen LogP contribution in [0.4, 0.5) is 0 Å². The van der Waals surface area contributed by atoms with E-state index in [9.17, 15) is 4.79 Å². The van der Waals surface area contributed by atoms with Crippen molar-refractivity contribution in [3.05, 3.63) is 29.8 Å². The summed E-state index contributed by atoms with van der Waals surface area (Å²) >= 11 is 3.31. The lowest BCUT2D eigenvalue weighted by Crippen LogP contribution is -1.99. The first-order valence-corrected chi connectivity index (χ1v) is 6.22. The average molecular weight is 271 g/mol. The van der Waals surface area contributed by atoms with Crippen molar-refractivity contribution < 1.29 is 9.53 Å². The predicted molar refractivity (Wildman–Crippen MR) is 65.0 cm³/mol. The highest BCUT2D eigenvalue weighted by atomic mass is 79.9. The molecule has 0 aliphatic heterocycles. The second kappa shape index (κ2) is 6.62. The standard InChI is InChI=1S/C12H15BrO2/c1-2-15-11-7-5-10(6-8-11)12(14)4-3-9-13/h5-8H,2-4,9H2,1H3. The molecule has 1 rings (SSSR count). The van der Waals surface area contributed by atoms with Gasteiger partial charge in [0.15, 0.2) is 5.78 Å². The summed E-state index contributed by atoms with van der Waals surface area (Å²) < 4.78 is 5.30. The van der Waals surface area contributed by atoms with E-state index in [2.05, 4.69) is 15.9 Å². The molecule has 0 amide bonds. The fraction of sp³-hybridized carbons (Fsp3) is 0.417. The lowest BCUT2D eigenvalue weighted by Gasteiger charge is -2.03. The maximum absolute atomic E-state index is 11.6. The molecule has 1 aromatic rings. The molecule has 0 spiro atoms. The molecule has 0 heterocycles. The van der Waals surface area contributed by atoms with Gasteiger partial charge in [0.25, 0.3) is 0 Å². The number of halogens is 1. The Bertz CT molecular complexity index is 306. The summed E-state index contributed by atoms with van der Waals surface area (Å²) in [4.78, 5) is 11.6. The number of ketones is 1. The molecule has 15 heavy (non-hydrogen) atoms. The van der Waals surface area contributed by atoms with Crippen LogP contribution in [0.15, 0.2) is 24.3 Å². The fourth-order valence-electron chi connectivity index (χ4n) is 1.28. The first-order chi connectivity index (χ1) is 7.27. The molecular formula is C12H15BrO2. The maximum Gasteiger partial charge on any atom is 0.162 e. The number of hydrogen-bond acceptors (Lipinski definition) is 2. The summed E-state index contributed by atoms with van der Waals surface area (Å²) in [6.45, 7) is 2.59. The molecule has 0 saturated carbocycles. The van der Waals surface area contributed by atoms with E-state index >= 15 is 0 Å². The van der Waals surface area contributed by atoms with Crippen molar-refractivity contribution in [2.24, 2.45) is 0 Å². The van der Waals surface area contributed by atoms with Crippen LogP contribution in [0.1, 0.15) is 30.1 Å². The number of hydrogen-bond donors (Lipinski definition) is 0. The van der Waals surface area contributed by atoms with Crippen LogP contribution in [0.3, 0.4) is 0 Å². The van der Waals surface area contributed by atoms with Gasteiger partial charge in [0.05, 0.1) is 6.61 Å². The van der Waals surface area contributed by atoms with Crippen molar-refractivity contribution in [1.29, 1.82) is 0 Å². The van der Waals surface area contributed by atoms with Gasteiger partial charge in [-0.2, -0.15) is 0 Å². The minimum Gasteiger partial charge on any atom is -0.494 e. The number of rotatable bonds is 6. The van der Waals surface area contributed by atoms with Crippen LogP contribution in [-0.4, -0.2) is 17.7 Å². The minimum absolute atomic E-state index is 0.192. The Labute approximate surface area is 98.8 Å². The summed E-state index contributed by atoms with van der Waals surface area (Å²) in [7, 11) is 0. The molecule has 0 radical (unpaired) electrons. The highest BCUT2D eigenvalue weighted by molar-refractivity contribution is 9.09. The van der Waals surface area contributed by atoms with Gasteiger partial charge in [-0.1, -0.05) is 15.9 Å². The molecule has 0 aliphatic rings. The molecule has 0 unspecified atom stereocenters. The Morgan fingerprint density at radius 3 is 2.53 bits per heavy atom. The van der Waals surface area contributed by atoms with Crippen LogP contribution < -0.4 is 4.74 Å². The van der Waals surface area contributed by atoms with Crippen LogP contribution in [0.25, 0.3) is 0 Å². The Morgan fingerprint density at radius 1 is 1.33 bits per heavy atom. The van der Waals surface area contributed by atoms with Crippen LogP contribution in [-0.2, 0) is 0 Å². The number of carbonyl (C=O) groups excluding carboxylic acids is 1. The molecule has 0 aromatic heterocycles. The smallest absolute Gasteiger partial charge is 0.162 e. The number of ether oxygens (including phenoxy) is 1. The third-order valence-electron chi connectivity index (χ3n) is 2.02. The second-order valence-corrected chi connectivity index (χ2v) is 3.97. The van der Waals surface area contributed by atoms with E-state index in [0.29, 0.717) is 13.0 Å². The Morgan fingerprint density at radius 2 is 2.00 bits per heavy atom. The summed E-state index contributed by atoms with van der Waals surface area (Å²) in [5, 5.41) is 0.871. The van der Waals surface area contributed by atoms with Crippen LogP contribution in [0.5, 0.6) is 5.75 Å². The quantitative estimate of drug-likeness (QED) is 0.585. The summed E-state index contributed by atoms with van der Waals surface area (Å²) in [5.74, 6) is 1.01. The van der Waals surface area contributed by atoms with Crippen LogP contribution in [0.2, 0.25) is 0 Å². The van der Waals surface area contributed by atoms with E-state index in [1.165, 1.54) is 0 Å². The second-order valence-electron chi connectivity index (χ2n) is 3.17. The highest BCUT2D eigenvalue weighted by Gasteiger charge is 2.04.